The van der Waals surface area contributed by atoms with Crippen LogP contribution in [0.1, 0.15) is 13.8 Å². The van der Waals surface area contributed by atoms with E-state index in [9.17, 15) is 14.5 Å². The number of nitro groups is 1. The zero-order valence-corrected chi connectivity index (χ0v) is 10.4. The summed E-state index contributed by atoms with van der Waals surface area (Å²) >= 11 is 0. The average molecular weight is 253 g/mol. The highest BCUT2D eigenvalue weighted by Gasteiger charge is 2.29. The SMILES string of the molecule is CC1(C)CN(c2ccc(F)cc2[N+](=O)[O-])CCN1. The molecule has 0 amide bonds. The molecule has 1 aliphatic heterocycles. The summed E-state index contributed by atoms with van der Waals surface area (Å²) in [7, 11) is 0. The summed E-state index contributed by atoms with van der Waals surface area (Å²) in [5, 5.41) is 14.3. The Morgan fingerprint density at radius 3 is 2.83 bits per heavy atom. The number of rotatable bonds is 2. The first-order chi connectivity index (χ1) is 8.39. The third-order valence-electron chi connectivity index (χ3n) is 3.05. The van der Waals surface area contributed by atoms with Crippen molar-refractivity contribution in [1.82, 2.24) is 5.32 Å². The number of hydrogen-bond donors (Lipinski definition) is 1. The van der Waals surface area contributed by atoms with E-state index in [0.29, 0.717) is 18.8 Å². The Labute approximate surface area is 105 Å². The van der Waals surface area contributed by atoms with E-state index in [2.05, 4.69) is 5.32 Å². The lowest BCUT2D eigenvalue weighted by Gasteiger charge is -2.40. The molecular weight excluding hydrogens is 237 g/mol. The van der Waals surface area contributed by atoms with Gasteiger partial charge in [0, 0.05) is 25.2 Å². The average Bonchev–Trinajstić information content (AvgIpc) is 2.27. The van der Waals surface area contributed by atoms with Crippen LogP contribution < -0.4 is 10.2 Å². The molecule has 1 aliphatic rings. The second-order valence-corrected chi connectivity index (χ2v) is 5.12. The minimum Gasteiger partial charge on any atom is -0.363 e. The molecule has 0 spiro atoms. The van der Waals surface area contributed by atoms with E-state index in [-0.39, 0.29) is 11.2 Å². The molecule has 0 bridgehead atoms. The zero-order valence-electron chi connectivity index (χ0n) is 10.4. The van der Waals surface area contributed by atoms with Crippen LogP contribution >= 0.6 is 0 Å². The molecular formula is C12H16FN3O2. The van der Waals surface area contributed by atoms with E-state index in [0.717, 1.165) is 12.6 Å². The fourth-order valence-electron chi connectivity index (χ4n) is 2.26. The maximum atomic E-state index is 13.1. The van der Waals surface area contributed by atoms with Gasteiger partial charge < -0.3 is 10.2 Å². The monoisotopic (exact) mass is 253 g/mol. The van der Waals surface area contributed by atoms with Gasteiger partial charge >= 0.3 is 0 Å². The molecule has 1 aromatic rings. The molecule has 1 aromatic carbocycles. The maximum Gasteiger partial charge on any atom is 0.295 e. The molecule has 0 unspecified atom stereocenters. The molecule has 1 N–H and O–H groups in total. The smallest absolute Gasteiger partial charge is 0.295 e. The van der Waals surface area contributed by atoms with Gasteiger partial charge in [0.15, 0.2) is 0 Å². The molecule has 6 heteroatoms. The van der Waals surface area contributed by atoms with Crippen molar-refractivity contribution in [2.24, 2.45) is 0 Å². The normalized spacial score (nSPS) is 18.7. The van der Waals surface area contributed by atoms with Crippen molar-refractivity contribution in [1.29, 1.82) is 0 Å². The lowest BCUT2D eigenvalue weighted by Crippen LogP contribution is -2.57. The first-order valence-electron chi connectivity index (χ1n) is 5.83. The molecule has 2 rings (SSSR count). The first-order valence-corrected chi connectivity index (χ1v) is 5.83. The van der Waals surface area contributed by atoms with Crippen molar-refractivity contribution in [2.45, 2.75) is 19.4 Å². The molecule has 1 heterocycles. The fraction of sp³-hybridized carbons (Fsp3) is 0.500. The van der Waals surface area contributed by atoms with Gasteiger partial charge in [0.2, 0.25) is 0 Å². The molecule has 0 saturated carbocycles. The summed E-state index contributed by atoms with van der Waals surface area (Å²) in [6.07, 6.45) is 0. The van der Waals surface area contributed by atoms with Crippen molar-refractivity contribution >= 4 is 11.4 Å². The van der Waals surface area contributed by atoms with Crippen molar-refractivity contribution in [3.8, 4) is 0 Å². The topological polar surface area (TPSA) is 58.4 Å². The quantitative estimate of drug-likeness (QED) is 0.646. The van der Waals surface area contributed by atoms with Gasteiger partial charge in [-0.15, -0.1) is 0 Å². The van der Waals surface area contributed by atoms with Crippen LogP contribution in [0.15, 0.2) is 18.2 Å². The third kappa shape index (κ3) is 2.59. The third-order valence-corrected chi connectivity index (χ3v) is 3.05. The molecule has 0 aliphatic carbocycles. The minimum atomic E-state index is -0.583. The molecule has 0 aromatic heterocycles. The van der Waals surface area contributed by atoms with Gasteiger partial charge in [0.1, 0.15) is 11.5 Å². The van der Waals surface area contributed by atoms with Gasteiger partial charge in [0.25, 0.3) is 5.69 Å². The van der Waals surface area contributed by atoms with Crippen molar-refractivity contribution in [3.63, 3.8) is 0 Å². The summed E-state index contributed by atoms with van der Waals surface area (Å²) < 4.78 is 13.1. The lowest BCUT2D eigenvalue weighted by atomic mass is 10.0. The van der Waals surface area contributed by atoms with Crippen molar-refractivity contribution in [3.05, 3.63) is 34.1 Å². The van der Waals surface area contributed by atoms with E-state index in [1.165, 1.54) is 12.1 Å². The van der Waals surface area contributed by atoms with Crippen LogP contribution in [-0.2, 0) is 0 Å². The summed E-state index contributed by atoms with van der Waals surface area (Å²) in [4.78, 5) is 12.4. The second kappa shape index (κ2) is 4.53. The number of nitro benzene ring substituents is 1. The van der Waals surface area contributed by atoms with Gasteiger partial charge in [0.05, 0.1) is 11.0 Å². The summed E-state index contributed by atoms with van der Waals surface area (Å²) in [6, 6.07) is 3.72. The number of benzene rings is 1. The van der Waals surface area contributed by atoms with E-state index < -0.39 is 10.7 Å². The van der Waals surface area contributed by atoms with Crippen molar-refractivity contribution < 1.29 is 9.31 Å². The Balaban J connectivity index is 2.35. The lowest BCUT2D eigenvalue weighted by molar-refractivity contribution is -0.384. The Morgan fingerprint density at radius 1 is 1.50 bits per heavy atom. The predicted molar refractivity (Wildman–Crippen MR) is 67.3 cm³/mol. The number of anilines is 1. The van der Waals surface area contributed by atoms with Crippen LogP contribution in [0, 0.1) is 15.9 Å². The maximum absolute atomic E-state index is 13.1. The molecule has 0 atom stereocenters. The zero-order chi connectivity index (χ0) is 13.3. The molecule has 18 heavy (non-hydrogen) atoms. The molecule has 1 saturated heterocycles. The summed E-state index contributed by atoms with van der Waals surface area (Å²) in [5.74, 6) is -0.583. The van der Waals surface area contributed by atoms with Crippen LogP contribution in [0.2, 0.25) is 0 Å². The largest absolute Gasteiger partial charge is 0.363 e. The van der Waals surface area contributed by atoms with E-state index >= 15 is 0 Å². The van der Waals surface area contributed by atoms with Crippen molar-refractivity contribution in [2.75, 3.05) is 24.5 Å². The number of nitrogens with one attached hydrogen (secondary N) is 1. The standard InChI is InChI=1S/C12H16FN3O2/c1-12(2)8-15(6-5-14-12)10-4-3-9(13)7-11(10)16(17)18/h3-4,7,14H,5-6,8H2,1-2H3. The van der Waals surface area contributed by atoms with Crippen LogP contribution in [0.5, 0.6) is 0 Å². The van der Waals surface area contributed by atoms with Gasteiger partial charge in [-0.2, -0.15) is 0 Å². The minimum absolute atomic E-state index is 0.111. The van der Waals surface area contributed by atoms with Crippen LogP contribution in [0.25, 0.3) is 0 Å². The predicted octanol–water partition coefficient (Wildman–Crippen LogP) is 1.92. The van der Waals surface area contributed by atoms with Gasteiger partial charge in [-0.25, -0.2) is 4.39 Å². The van der Waals surface area contributed by atoms with Crippen LogP contribution in [-0.4, -0.2) is 30.1 Å². The van der Waals surface area contributed by atoms with Gasteiger partial charge in [-0.05, 0) is 26.0 Å². The molecule has 98 valence electrons. The van der Waals surface area contributed by atoms with E-state index in [1.54, 1.807) is 0 Å². The van der Waals surface area contributed by atoms with E-state index in [1.807, 2.05) is 18.7 Å². The molecule has 1 fully saturated rings. The fourth-order valence-corrected chi connectivity index (χ4v) is 2.26. The van der Waals surface area contributed by atoms with Crippen LogP contribution in [0.3, 0.4) is 0 Å². The Kier molecular flexibility index (Phi) is 3.21. The van der Waals surface area contributed by atoms with Crippen LogP contribution in [0.4, 0.5) is 15.8 Å². The molecule has 0 radical (unpaired) electrons. The Morgan fingerprint density at radius 2 is 2.22 bits per heavy atom. The molecule has 5 nitrogen and oxygen atoms in total. The number of hydrogen-bond acceptors (Lipinski definition) is 4. The summed E-state index contributed by atoms with van der Waals surface area (Å²) in [5.41, 5.74) is 0.198. The first kappa shape index (κ1) is 12.8. The highest BCUT2D eigenvalue weighted by molar-refractivity contribution is 5.63. The van der Waals surface area contributed by atoms with E-state index in [4.69, 9.17) is 0 Å². The highest BCUT2D eigenvalue weighted by Crippen LogP contribution is 2.30. The summed E-state index contributed by atoms with van der Waals surface area (Å²) in [6.45, 7) is 6.15. The van der Waals surface area contributed by atoms with Gasteiger partial charge in [-0.1, -0.05) is 0 Å². The second-order valence-electron chi connectivity index (χ2n) is 5.12. The number of piperazine rings is 1. The number of halogens is 1. The number of nitrogens with zero attached hydrogens (tertiary/aromatic N) is 2. The Bertz CT molecular complexity index is 476. The van der Waals surface area contributed by atoms with Gasteiger partial charge in [-0.3, -0.25) is 10.1 Å². The Hall–Kier alpha value is -1.69. The highest BCUT2D eigenvalue weighted by atomic mass is 19.1.